The van der Waals surface area contributed by atoms with Crippen LogP contribution in [0.2, 0.25) is 0 Å². The molecule has 0 radical (unpaired) electrons. The molecule has 2 atom stereocenters. The van der Waals surface area contributed by atoms with Crippen molar-refractivity contribution in [1.82, 2.24) is 4.98 Å². The molecule has 1 N–H and O–H groups in total. The number of rotatable bonds is 6. The number of nitrogens with zero attached hydrogens (tertiary/aromatic N) is 2. The Kier molecular flexibility index (Phi) is 6.84. The number of ether oxygens (including phenoxy) is 2. The van der Waals surface area contributed by atoms with Gasteiger partial charge in [0.25, 0.3) is 0 Å². The Hall–Kier alpha value is -2.89. The van der Waals surface area contributed by atoms with Crippen LogP contribution in [-0.2, 0) is 15.9 Å². The van der Waals surface area contributed by atoms with Gasteiger partial charge in [-0.05, 0) is 84.2 Å². The van der Waals surface area contributed by atoms with Gasteiger partial charge in [0.05, 0.1) is 0 Å². The Morgan fingerprint density at radius 1 is 0.941 bits per heavy atom. The molecule has 178 valence electrons. The van der Waals surface area contributed by atoms with Gasteiger partial charge in [-0.25, -0.2) is 0 Å². The third-order valence-corrected chi connectivity index (χ3v) is 7.71. The number of piperidine rings is 1. The van der Waals surface area contributed by atoms with E-state index >= 15 is 0 Å². The standard InChI is InChI=1S/C29H34N2O3/c1-33-29(34-2)21-13-16-31(17-14-21)24-8-5-20(6-9-24)28-26-12-10-25(32)18-22(26)7-11-27(28)23-4-3-15-30-19-23/h3-6,8-10,12,15,18-19,21,27-29,32H,7,11,13-14,16-17H2,1-2H3/t27-,28-/m0/s1. The first-order valence-electron chi connectivity index (χ1n) is 12.3. The lowest BCUT2D eigenvalue weighted by Crippen LogP contribution is -2.39. The summed E-state index contributed by atoms with van der Waals surface area (Å²) in [6, 6.07) is 19.2. The minimum Gasteiger partial charge on any atom is -0.508 e. The number of aromatic hydroxyl groups is 1. The Balaban J connectivity index is 1.40. The molecule has 2 heterocycles. The van der Waals surface area contributed by atoms with E-state index in [2.05, 4.69) is 46.3 Å². The van der Waals surface area contributed by atoms with E-state index in [4.69, 9.17) is 9.47 Å². The monoisotopic (exact) mass is 458 g/mol. The maximum atomic E-state index is 10.1. The maximum absolute atomic E-state index is 10.1. The summed E-state index contributed by atoms with van der Waals surface area (Å²) >= 11 is 0. The van der Waals surface area contributed by atoms with Crippen LogP contribution >= 0.6 is 0 Å². The number of hydrogen-bond donors (Lipinski definition) is 1. The van der Waals surface area contributed by atoms with Crippen molar-refractivity contribution in [2.24, 2.45) is 5.92 Å². The van der Waals surface area contributed by atoms with Crippen molar-refractivity contribution in [3.05, 3.63) is 89.2 Å². The first-order valence-corrected chi connectivity index (χ1v) is 12.3. The second kappa shape index (κ2) is 10.2. The van der Waals surface area contributed by atoms with Crippen LogP contribution in [0.1, 0.15) is 53.4 Å². The average molecular weight is 459 g/mol. The summed E-state index contributed by atoms with van der Waals surface area (Å²) in [4.78, 5) is 6.87. The lowest BCUT2D eigenvalue weighted by molar-refractivity contribution is -0.141. The Morgan fingerprint density at radius 3 is 2.38 bits per heavy atom. The van der Waals surface area contributed by atoms with E-state index in [1.54, 1.807) is 14.2 Å². The fraction of sp³-hybridized carbons (Fsp3) is 0.414. The molecule has 1 aliphatic carbocycles. The first-order chi connectivity index (χ1) is 16.7. The molecule has 0 bridgehead atoms. The van der Waals surface area contributed by atoms with Gasteiger partial charge in [0.2, 0.25) is 0 Å². The molecule has 2 aromatic carbocycles. The minimum atomic E-state index is -0.111. The van der Waals surface area contributed by atoms with E-state index in [0.717, 1.165) is 38.8 Å². The van der Waals surface area contributed by atoms with Crippen LogP contribution in [-0.4, -0.2) is 43.7 Å². The van der Waals surface area contributed by atoms with Crippen molar-refractivity contribution >= 4 is 5.69 Å². The highest BCUT2D eigenvalue weighted by molar-refractivity contribution is 5.52. The molecule has 3 aromatic rings. The van der Waals surface area contributed by atoms with Crippen molar-refractivity contribution in [2.75, 3.05) is 32.2 Å². The molecule has 5 rings (SSSR count). The zero-order valence-electron chi connectivity index (χ0n) is 20.1. The molecule has 1 saturated heterocycles. The predicted octanol–water partition coefficient (Wildman–Crippen LogP) is 5.48. The van der Waals surface area contributed by atoms with Gasteiger partial charge in [0.15, 0.2) is 6.29 Å². The van der Waals surface area contributed by atoms with Crippen molar-refractivity contribution < 1.29 is 14.6 Å². The normalized spacial score (nSPS) is 21.0. The number of phenolic OH excluding ortho intramolecular Hbond substituents is 1. The summed E-state index contributed by atoms with van der Waals surface area (Å²) < 4.78 is 11.0. The van der Waals surface area contributed by atoms with Gasteiger partial charge in [-0.3, -0.25) is 4.98 Å². The average Bonchev–Trinajstić information content (AvgIpc) is 2.90. The lowest BCUT2D eigenvalue weighted by atomic mass is 9.69. The van der Waals surface area contributed by atoms with Gasteiger partial charge in [-0.1, -0.05) is 24.3 Å². The van der Waals surface area contributed by atoms with Crippen LogP contribution in [0.5, 0.6) is 5.75 Å². The predicted molar refractivity (Wildman–Crippen MR) is 134 cm³/mol. The molecule has 1 aromatic heterocycles. The molecule has 1 aliphatic heterocycles. The fourth-order valence-corrected chi connectivity index (χ4v) is 5.98. The topological polar surface area (TPSA) is 54.8 Å². The smallest absolute Gasteiger partial charge is 0.159 e. The molecule has 1 fully saturated rings. The molecule has 5 nitrogen and oxygen atoms in total. The summed E-state index contributed by atoms with van der Waals surface area (Å²) in [6.07, 6.45) is 7.88. The van der Waals surface area contributed by atoms with Crippen molar-refractivity contribution in [2.45, 2.75) is 43.8 Å². The second-order valence-corrected chi connectivity index (χ2v) is 9.55. The van der Waals surface area contributed by atoms with Gasteiger partial charge in [0, 0.05) is 57.2 Å². The fourth-order valence-electron chi connectivity index (χ4n) is 5.98. The van der Waals surface area contributed by atoms with E-state index in [-0.39, 0.29) is 12.2 Å². The third-order valence-electron chi connectivity index (χ3n) is 7.71. The summed E-state index contributed by atoms with van der Waals surface area (Å²) in [7, 11) is 3.45. The highest BCUT2D eigenvalue weighted by Gasteiger charge is 2.33. The SMILES string of the molecule is COC(OC)C1CCN(c2ccc([C@H]3c4ccc(O)cc4CC[C@H]3c3cccnc3)cc2)CC1. The maximum Gasteiger partial charge on any atom is 0.159 e. The lowest BCUT2D eigenvalue weighted by Gasteiger charge is -2.37. The molecule has 34 heavy (non-hydrogen) atoms. The Bertz CT molecular complexity index is 1070. The third kappa shape index (κ3) is 4.55. The van der Waals surface area contributed by atoms with Crippen LogP contribution in [0.15, 0.2) is 67.0 Å². The van der Waals surface area contributed by atoms with E-state index in [1.165, 1.54) is 27.9 Å². The van der Waals surface area contributed by atoms with E-state index in [9.17, 15) is 5.11 Å². The zero-order chi connectivity index (χ0) is 23.5. The zero-order valence-corrected chi connectivity index (χ0v) is 20.1. The quantitative estimate of drug-likeness (QED) is 0.496. The first kappa shape index (κ1) is 22.9. The van der Waals surface area contributed by atoms with Crippen LogP contribution in [0.25, 0.3) is 0 Å². The van der Waals surface area contributed by atoms with Crippen LogP contribution < -0.4 is 4.90 Å². The van der Waals surface area contributed by atoms with E-state index in [1.807, 2.05) is 30.6 Å². The van der Waals surface area contributed by atoms with E-state index in [0.29, 0.717) is 17.6 Å². The van der Waals surface area contributed by atoms with Gasteiger partial charge in [0.1, 0.15) is 5.75 Å². The van der Waals surface area contributed by atoms with E-state index < -0.39 is 0 Å². The molecule has 5 heteroatoms. The summed E-state index contributed by atoms with van der Waals surface area (Å²) in [6.45, 7) is 2.02. The number of pyridine rings is 1. The summed E-state index contributed by atoms with van der Waals surface area (Å²) in [5.74, 6) is 1.41. The highest BCUT2D eigenvalue weighted by atomic mass is 16.7. The molecule has 0 spiro atoms. The van der Waals surface area contributed by atoms with Crippen molar-refractivity contribution in [1.29, 1.82) is 0 Å². The number of benzene rings is 2. The van der Waals surface area contributed by atoms with Gasteiger partial charge < -0.3 is 19.5 Å². The molecular formula is C29H34N2O3. The highest BCUT2D eigenvalue weighted by Crippen LogP contribution is 2.47. The molecule has 0 saturated carbocycles. The molecular weight excluding hydrogens is 424 g/mol. The molecule has 0 unspecified atom stereocenters. The van der Waals surface area contributed by atoms with Gasteiger partial charge >= 0.3 is 0 Å². The van der Waals surface area contributed by atoms with Crippen LogP contribution in [0.3, 0.4) is 0 Å². The Labute approximate surface area is 202 Å². The van der Waals surface area contributed by atoms with Crippen molar-refractivity contribution in [3.8, 4) is 5.75 Å². The summed E-state index contributed by atoms with van der Waals surface area (Å²) in [5, 5.41) is 10.1. The number of fused-ring (bicyclic) bond motifs is 1. The summed E-state index contributed by atoms with van der Waals surface area (Å²) in [5.41, 5.74) is 6.44. The Morgan fingerprint density at radius 2 is 1.71 bits per heavy atom. The van der Waals surface area contributed by atoms with Gasteiger partial charge in [-0.15, -0.1) is 0 Å². The number of aryl methyl sites for hydroxylation is 1. The molecule has 2 aliphatic rings. The van der Waals surface area contributed by atoms with Crippen molar-refractivity contribution in [3.63, 3.8) is 0 Å². The van der Waals surface area contributed by atoms with Gasteiger partial charge in [-0.2, -0.15) is 0 Å². The number of hydrogen-bond acceptors (Lipinski definition) is 5. The second-order valence-electron chi connectivity index (χ2n) is 9.55. The number of phenols is 1. The minimum absolute atomic E-state index is 0.111. The van der Waals surface area contributed by atoms with Crippen LogP contribution in [0, 0.1) is 5.92 Å². The van der Waals surface area contributed by atoms with Crippen LogP contribution in [0.4, 0.5) is 5.69 Å². The number of anilines is 1. The largest absolute Gasteiger partial charge is 0.508 e. The number of aromatic nitrogens is 1. The molecule has 0 amide bonds. The number of methoxy groups -OCH3 is 2.